The standard InChI is InChI=1S/C25H41NO7S.Na/c1-26(22-16-10-9-11-17-22)24(27)20-14-7-3-2-5-12-18-23(33-34(30,31)32)19-13-6-4-8-15-21-25(28)29;/h9-11,16-17,23H,2-8,12-15,18-21H2,1H3,(H,28,29)(H,30,31,32);/q;+1/p-1. The number of unbranched alkanes of at least 4 members (excludes halogenated alkanes) is 9. The maximum Gasteiger partial charge on any atom is 1.00 e. The number of hydrogen-bond acceptors (Lipinski definition) is 6. The molecule has 1 atom stereocenters. The molecule has 0 aliphatic heterocycles. The molecule has 0 fully saturated rings. The van der Waals surface area contributed by atoms with E-state index in [1.807, 2.05) is 30.3 Å². The van der Waals surface area contributed by atoms with E-state index in [1.54, 1.807) is 11.9 Å². The van der Waals surface area contributed by atoms with Gasteiger partial charge < -0.3 is 14.6 Å². The van der Waals surface area contributed by atoms with Crippen LogP contribution < -0.4 is 34.5 Å². The van der Waals surface area contributed by atoms with Gasteiger partial charge in [-0.15, -0.1) is 0 Å². The van der Waals surface area contributed by atoms with Gasteiger partial charge >= 0.3 is 35.5 Å². The Morgan fingerprint density at radius 2 is 1.31 bits per heavy atom. The summed E-state index contributed by atoms with van der Waals surface area (Å²) in [5.74, 6) is -0.690. The number of nitrogens with zero attached hydrogens (tertiary/aromatic N) is 1. The number of benzene rings is 1. The number of carbonyl (C=O) groups is 2. The van der Waals surface area contributed by atoms with Crippen LogP contribution in [0.2, 0.25) is 0 Å². The van der Waals surface area contributed by atoms with Crippen LogP contribution in [0.15, 0.2) is 30.3 Å². The molecule has 1 N–H and O–H groups in total. The number of carboxylic acids is 1. The molecule has 10 heteroatoms. The molecule has 0 spiro atoms. The van der Waals surface area contributed by atoms with Crippen LogP contribution in [-0.4, -0.2) is 43.1 Å². The molecule has 8 nitrogen and oxygen atoms in total. The van der Waals surface area contributed by atoms with Gasteiger partial charge in [-0.2, -0.15) is 0 Å². The van der Waals surface area contributed by atoms with E-state index in [-0.39, 0.29) is 41.9 Å². The van der Waals surface area contributed by atoms with Crippen LogP contribution in [0.25, 0.3) is 0 Å². The second-order valence-electron chi connectivity index (χ2n) is 8.77. The summed E-state index contributed by atoms with van der Waals surface area (Å²) in [4.78, 5) is 24.4. The Labute approximate surface area is 233 Å². The van der Waals surface area contributed by atoms with Crippen LogP contribution in [0, 0.1) is 0 Å². The van der Waals surface area contributed by atoms with Crippen LogP contribution >= 0.6 is 0 Å². The predicted octanol–water partition coefficient (Wildman–Crippen LogP) is 2.43. The summed E-state index contributed by atoms with van der Waals surface area (Å²) in [5.41, 5.74) is 0.891. The molecule has 1 aromatic rings. The molecule has 0 aliphatic rings. The molecule has 0 bridgehead atoms. The maximum absolute atomic E-state index is 12.3. The number of anilines is 1. The first-order valence-electron chi connectivity index (χ1n) is 12.4. The first-order valence-corrected chi connectivity index (χ1v) is 13.7. The van der Waals surface area contributed by atoms with Gasteiger partial charge in [0.1, 0.15) is 0 Å². The topological polar surface area (TPSA) is 124 Å². The fourth-order valence-corrected chi connectivity index (χ4v) is 4.43. The van der Waals surface area contributed by atoms with Crippen molar-refractivity contribution in [3.8, 4) is 0 Å². The van der Waals surface area contributed by atoms with E-state index >= 15 is 0 Å². The molecule has 0 radical (unpaired) electrons. The summed E-state index contributed by atoms with van der Waals surface area (Å²) >= 11 is 0. The van der Waals surface area contributed by atoms with E-state index in [4.69, 9.17) is 9.29 Å². The Bertz CT molecular complexity index is 805. The van der Waals surface area contributed by atoms with Gasteiger partial charge in [-0.1, -0.05) is 76.0 Å². The summed E-state index contributed by atoms with van der Waals surface area (Å²) in [6, 6.07) is 9.56. The van der Waals surface area contributed by atoms with E-state index in [0.717, 1.165) is 69.9 Å². The molecule has 1 amide bonds. The molecule has 35 heavy (non-hydrogen) atoms. The van der Waals surface area contributed by atoms with E-state index in [1.165, 1.54) is 0 Å². The second-order valence-corrected chi connectivity index (χ2v) is 9.78. The second kappa shape index (κ2) is 20.1. The van der Waals surface area contributed by atoms with Gasteiger partial charge in [0.2, 0.25) is 16.3 Å². The monoisotopic (exact) mass is 521 g/mol. The Morgan fingerprint density at radius 3 is 1.80 bits per heavy atom. The fourth-order valence-electron chi connectivity index (χ4n) is 3.90. The number of carbonyl (C=O) groups excluding carboxylic acids is 1. The summed E-state index contributed by atoms with van der Waals surface area (Å²) < 4.78 is 37.8. The zero-order valence-electron chi connectivity index (χ0n) is 21.3. The van der Waals surface area contributed by atoms with Gasteiger partial charge in [0, 0.05) is 25.6 Å². The van der Waals surface area contributed by atoms with Crippen molar-refractivity contribution in [2.45, 2.75) is 102 Å². The van der Waals surface area contributed by atoms with Crippen LogP contribution in [0.5, 0.6) is 0 Å². The van der Waals surface area contributed by atoms with Crippen molar-refractivity contribution < 1.29 is 61.4 Å². The zero-order valence-corrected chi connectivity index (χ0v) is 24.1. The largest absolute Gasteiger partial charge is 1.00 e. The Kier molecular flexibility index (Phi) is 19.6. The van der Waals surface area contributed by atoms with Crippen molar-refractivity contribution in [1.82, 2.24) is 0 Å². The van der Waals surface area contributed by atoms with Crippen molar-refractivity contribution in [1.29, 1.82) is 0 Å². The molecule has 0 aromatic heterocycles. The maximum atomic E-state index is 12.3. The van der Waals surface area contributed by atoms with Crippen molar-refractivity contribution in [3.05, 3.63) is 30.3 Å². The van der Waals surface area contributed by atoms with Gasteiger partial charge in [0.25, 0.3) is 0 Å². The molecule has 1 aromatic carbocycles. The van der Waals surface area contributed by atoms with Crippen molar-refractivity contribution >= 4 is 28.0 Å². The van der Waals surface area contributed by atoms with Crippen LogP contribution in [0.3, 0.4) is 0 Å². The fraction of sp³-hybridized carbons (Fsp3) is 0.680. The van der Waals surface area contributed by atoms with E-state index in [2.05, 4.69) is 0 Å². The van der Waals surface area contributed by atoms with E-state index in [0.29, 0.717) is 25.7 Å². The smallest absolute Gasteiger partial charge is 0.726 e. The molecule has 0 saturated heterocycles. The van der Waals surface area contributed by atoms with Gasteiger partial charge in [0.15, 0.2) is 0 Å². The summed E-state index contributed by atoms with van der Waals surface area (Å²) in [6.07, 6.45) is 10.6. The Morgan fingerprint density at radius 1 is 0.857 bits per heavy atom. The van der Waals surface area contributed by atoms with Crippen LogP contribution in [0.1, 0.15) is 96.3 Å². The van der Waals surface area contributed by atoms with Gasteiger partial charge in [0.05, 0.1) is 6.10 Å². The Hall–Kier alpha value is -0.970. The number of carboxylic acid groups (broad SMARTS) is 1. The number of rotatable bonds is 20. The SMILES string of the molecule is CN(C(=O)CCCCCCCCC(CCCCCCCC(=O)O)OS(=O)(=O)[O-])c1ccccc1.[Na+]. The average Bonchev–Trinajstić information content (AvgIpc) is 2.78. The molecule has 194 valence electrons. The third kappa shape index (κ3) is 18.9. The number of aliphatic carboxylic acids is 1. The van der Waals surface area contributed by atoms with Gasteiger partial charge in [-0.05, 0) is 37.8 Å². The molecule has 0 saturated carbocycles. The molecular weight excluding hydrogens is 481 g/mol. The van der Waals surface area contributed by atoms with E-state index < -0.39 is 22.5 Å². The molecule has 0 aliphatic carbocycles. The number of amides is 1. The quantitative estimate of drug-likeness (QED) is 0.121. The minimum atomic E-state index is -4.73. The molecular formula is C25H40NNaO7S. The van der Waals surface area contributed by atoms with Crippen molar-refractivity contribution in [2.24, 2.45) is 0 Å². The first kappa shape index (κ1) is 34.0. The molecule has 1 rings (SSSR count). The predicted molar refractivity (Wildman–Crippen MR) is 131 cm³/mol. The van der Waals surface area contributed by atoms with Crippen LogP contribution in [-0.2, 0) is 24.2 Å². The third-order valence-electron chi connectivity index (χ3n) is 5.86. The minimum absolute atomic E-state index is 0. The molecule has 0 heterocycles. The third-order valence-corrected chi connectivity index (χ3v) is 6.36. The normalized spacial score (nSPS) is 12.1. The minimum Gasteiger partial charge on any atom is -0.726 e. The van der Waals surface area contributed by atoms with E-state index in [9.17, 15) is 22.6 Å². The van der Waals surface area contributed by atoms with Gasteiger partial charge in [-0.25, -0.2) is 8.42 Å². The van der Waals surface area contributed by atoms with Crippen molar-refractivity contribution in [2.75, 3.05) is 11.9 Å². The summed E-state index contributed by atoms with van der Waals surface area (Å²) in [7, 11) is -2.94. The zero-order chi connectivity index (χ0) is 25.2. The van der Waals surface area contributed by atoms with Crippen molar-refractivity contribution in [3.63, 3.8) is 0 Å². The summed E-state index contributed by atoms with van der Waals surface area (Å²) in [6.45, 7) is 0. The molecule has 1 unspecified atom stereocenters. The van der Waals surface area contributed by atoms with Gasteiger partial charge in [-0.3, -0.25) is 13.8 Å². The summed E-state index contributed by atoms with van der Waals surface area (Å²) in [5, 5.41) is 8.62. The number of hydrogen-bond donors (Lipinski definition) is 1. The number of para-hydroxylation sites is 1. The Balaban J connectivity index is 0.0000116. The van der Waals surface area contributed by atoms with Crippen LogP contribution in [0.4, 0.5) is 5.69 Å². The first-order chi connectivity index (χ1) is 16.2. The average molecular weight is 522 g/mol.